The van der Waals surface area contributed by atoms with Gasteiger partial charge in [-0.15, -0.1) is 12.4 Å². The van der Waals surface area contributed by atoms with E-state index in [0.29, 0.717) is 52.7 Å². The van der Waals surface area contributed by atoms with Gasteiger partial charge in [0.2, 0.25) is 0 Å². The molecule has 0 bridgehead atoms. The summed E-state index contributed by atoms with van der Waals surface area (Å²) in [7, 11) is 3.85. The van der Waals surface area contributed by atoms with Gasteiger partial charge in [-0.2, -0.15) is 12.6 Å². The molecule has 0 radical (unpaired) electrons. The van der Waals surface area contributed by atoms with E-state index in [-0.39, 0.29) is 116 Å². The van der Waals surface area contributed by atoms with Crippen LogP contribution in [0.4, 0.5) is 99.8 Å². The van der Waals surface area contributed by atoms with Crippen molar-refractivity contribution in [3.8, 4) is 17.1 Å². The van der Waals surface area contributed by atoms with E-state index >= 15 is 0 Å². The number of carbonyl (C=O) groups excluding carboxylic acids is 7. The van der Waals surface area contributed by atoms with Crippen LogP contribution in [0.1, 0.15) is 88.6 Å². The van der Waals surface area contributed by atoms with Gasteiger partial charge in [0.1, 0.15) is 22.6 Å². The fraction of sp³-hybridized carbons (Fsp3) is 0.207. The van der Waals surface area contributed by atoms with E-state index in [0.717, 1.165) is 79.5 Å². The fourth-order valence-corrected chi connectivity index (χ4v) is 9.94. The van der Waals surface area contributed by atoms with E-state index in [2.05, 4.69) is 72.9 Å². The minimum atomic E-state index is -1.30. The number of aliphatic hydroxyl groups excluding tert-OH is 1. The zero-order valence-electron chi connectivity index (χ0n) is 71.1. The van der Waals surface area contributed by atoms with Crippen molar-refractivity contribution < 1.29 is 142 Å². The number of hydrogen-bond acceptors (Lipinski definition) is 25. The Morgan fingerprint density at radius 2 is 0.831 bits per heavy atom. The van der Waals surface area contributed by atoms with Gasteiger partial charge in [0.25, 0.3) is 16.8 Å². The fourth-order valence-electron chi connectivity index (χ4n) is 9.91. The summed E-state index contributed by atoms with van der Waals surface area (Å²) in [6.45, 7) is 15.9. The standard InChI is InChI=1S/C20H21F2N3O5.C19H17F2N3O4.C15H10F2N2O6.C14H9F2N3O2.C12H17NO2.CH4O.CH3O.ClHN4.ClH.Na/c1-20(2,3)30-19(28)24-12-7-5-11(6-8-12)23-18(27)25-16-10-15(22)14(21)9-13(16)17(26)29-4;1-19(2,3)28-18(27)22-10-4-6-11(7-5-10)24-16(25)12-8-13(20)14(21)9-15(12)23-17(24)26;1-24-14(20)10-6-11(16)12(17)7-13(10)18-15(21)25-9-4-2-8(3-5-9)19(22)23;15-10-5-9-12(6-11(10)16)18-14(21)19(13(9)20)8-3-1-7(17)2-4-8;1-12(2,3)15-11(14)8-9-4-6-10(13)7-5-9;2*1-2;1-3-5-4-2;;/h5-10H,1-4H3,(H,24,28)(H2,23,25,27);4-9H,1-3H3,(H,22,27)(H,23,26);2-7H,1H3,(H,18,21);1-6H,17H2,(H,18,21);4-7H,8,13H2,1-3H3;2H,1H3;1H3;2H;1H;/q;;;;;;-1;;;+1. The van der Waals surface area contributed by atoms with Crippen molar-refractivity contribution in [2.75, 3.05) is 66.5 Å². The van der Waals surface area contributed by atoms with Crippen LogP contribution in [0, 0.1) is 62.2 Å². The quantitative estimate of drug-likeness (QED) is 0.00704. The van der Waals surface area contributed by atoms with Crippen LogP contribution in [0.2, 0.25) is 0 Å². The smallest absolute Gasteiger partial charge is 0.857 e. The largest absolute Gasteiger partial charge is 1.00 e. The Labute approximate surface area is 764 Å². The number of benzene rings is 9. The molecular weight excluding hydrogens is 1790 g/mol. The average Bonchev–Trinajstić information content (AvgIpc) is 0.772. The van der Waals surface area contributed by atoms with Gasteiger partial charge < -0.3 is 70.7 Å². The first-order chi connectivity index (χ1) is 60.1. The molecule has 0 aliphatic carbocycles. The maximum absolute atomic E-state index is 13.5. The number of non-ortho nitro benzene ring substituents is 1. The van der Waals surface area contributed by atoms with Crippen molar-refractivity contribution in [1.82, 2.24) is 19.1 Å². The van der Waals surface area contributed by atoms with Crippen molar-refractivity contribution >= 4 is 134 Å². The second kappa shape index (κ2) is 51.9. The van der Waals surface area contributed by atoms with E-state index in [1.807, 2.05) is 32.9 Å². The first kappa shape index (κ1) is 112. The summed E-state index contributed by atoms with van der Waals surface area (Å²) in [5.41, 5.74) is 14.1. The number of ether oxygens (including phenoxy) is 6. The first-order valence-corrected chi connectivity index (χ1v) is 36.5. The van der Waals surface area contributed by atoms with Gasteiger partial charge in [-0.3, -0.25) is 40.4 Å². The van der Waals surface area contributed by atoms with E-state index in [4.69, 9.17) is 46.2 Å². The third-order valence-electron chi connectivity index (χ3n) is 15.1. The van der Waals surface area contributed by atoms with Gasteiger partial charge in [0.05, 0.1) is 93.0 Å². The third-order valence-corrected chi connectivity index (χ3v) is 15.2. The summed E-state index contributed by atoms with van der Waals surface area (Å²) < 4.78 is 140. The summed E-state index contributed by atoms with van der Waals surface area (Å²) in [6, 6.07) is 34.3. The molecule has 0 atom stereocenters. The number of nitro benzene ring substituents is 1. The molecule has 0 fully saturated rings. The molecule has 0 aliphatic rings. The Hall–Kier alpha value is -14.5. The summed E-state index contributed by atoms with van der Waals surface area (Å²) in [5, 5.41) is 42.5. The zero-order chi connectivity index (χ0) is 96.4. The number of aromatic nitrogens is 4. The number of aliphatic hydroxyl groups is 1. The number of urea groups is 1. The molecule has 0 saturated heterocycles. The average molecular weight is 1870 g/mol. The Bertz CT molecular complexity index is 6090. The maximum Gasteiger partial charge on any atom is 1.00 e. The van der Waals surface area contributed by atoms with Gasteiger partial charge in [0, 0.05) is 71.9 Å². The predicted molar refractivity (Wildman–Crippen MR) is 459 cm³/mol. The predicted octanol–water partition coefficient (Wildman–Crippen LogP) is 12.6. The molecule has 9 aromatic carbocycles. The van der Waals surface area contributed by atoms with Crippen LogP contribution in [-0.2, 0) is 34.9 Å². The molecule has 0 aliphatic heterocycles. The van der Waals surface area contributed by atoms with Gasteiger partial charge in [-0.05, 0) is 200 Å². The number of fused-ring (bicyclic) bond motifs is 2. The van der Waals surface area contributed by atoms with Crippen LogP contribution < -0.4 is 99.9 Å². The Morgan fingerprint density at radius 1 is 0.492 bits per heavy atom. The Kier molecular flexibility index (Phi) is 44.6. The Balaban J connectivity index is 0.000000542. The molecule has 5 amide bonds. The van der Waals surface area contributed by atoms with Gasteiger partial charge in [-0.1, -0.05) is 16.8 Å². The van der Waals surface area contributed by atoms with E-state index in [1.54, 1.807) is 53.7 Å². The van der Waals surface area contributed by atoms with Gasteiger partial charge in [-0.25, -0.2) is 82.6 Å². The molecule has 0 saturated carbocycles. The Morgan fingerprint density at radius 3 is 1.18 bits per heavy atom. The minimum Gasteiger partial charge on any atom is -0.857 e. The zero-order valence-corrected chi connectivity index (χ0v) is 74.7. The molecule has 2 heterocycles. The van der Waals surface area contributed by atoms with Crippen LogP contribution in [0.15, 0.2) is 204 Å². The third kappa shape index (κ3) is 35.7. The summed E-state index contributed by atoms with van der Waals surface area (Å²) in [6.07, 6.45) is -2.12. The summed E-state index contributed by atoms with van der Waals surface area (Å²) >= 11 is 4.55. The number of esters is 3. The van der Waals surface area contributed by atoms with Crippen molar-refractivity contribution in [2.45, 2.75) is 85.5 Å². The number of hydrogen-bond donors (Lipinski definition) is 11. The molecule has 2 aromatic heterocycles. The molecule has 0 unspecified atom stereocenters. The molecule has 11 rings (SSSR count). The monoisotopic (exact) mass is 1870 g/mol. The summed E-state index contributed by atoms with van der Waals surface area (Å²) in [4.78, 5) is 146. The van der Waals surface area contributed by atoms with Gasteiger partial charge >= 0.3 is 83.2 Å². The molecule has 13 N–H and O–H groups in total. The van der Waals surface area contributed by atoms with Crippen molar-refractivity contribution in [1.29, 1.82) is 5.53 Å². The van der Waals surface area contributed by atoms with Gasteiger partial charge in [0.15, 0.2) is 46.5 Å². The molecular formula is C82H83Cl2F8N16NaO21. The van der Waals surface area contributed by atoms with E-state index in [1.165, 1.54) is 84.9 Å². The molecule has 0 spiro atoms. The molecule has 688 valence electrons. The number of nitrogens with two attached hydrogens (primary N) is 2. The maximum atomic E-state index is 13.5. The molecule has 11 aromatic rings. The number of nitrogens with zero attached hydrogens (tertiary/aromatic N) is 6. The second-order valence-electron chi connectivity index (χ2n) is 28.0. The number of anilines is 7. The number of halogens is 10. The van der Waals surface area contributed by atoms with E-state index < -0.39 is 133 Å². The van der Waals surface area contributed by atoms with Crippen molar-refractivity contribution in [3.63, 3.8) is 0 Å². The number of H-pyrrole nitrogens is 2. The second-order valence-corrected chi connectivity index (χ2v) is 28.1. The first-order valence-electron chi connectivity index (χ1n) is 36.2. The topological polar surface area (TPSA) is 544 Å². The number of rotatable bonds is 14. The van der Waals surface area contributed by atoms with Crippen LogP contribution in [-0.4, -0.2) is 117 Å². The number of aromatic amines is 2. The molecule has 37 nitrogen and oxygen atoms in total. The minimum absolute atomic E-state index is 0. The van der Waals surface area contributed by atoms with Crippen molar-refractivity contribution in [3.05, 3.63) is 285 Å². The SMILES string of the molecule is CC(C)(C)OC(=O)Cc1ccc(N)cc1.CC(C)(C)OC(=O)Nc1ccc(-n2c(=O)[nH]c3cc(F)c(F)cc3c2=O)cc1.CO.COC(=O)c1cc(F)c(F)cc1NC(=O)Nc1ccc(NC(=O)OC(C)(C)C)cc1.COC(=O)c1cc(F)c(F)cc1NC(=O)Oc1ccc([N+](=O)[O-])cc1.C[O-].Cl.N=NN=NCl.Nc1ccc(-n2c(=O)[nH]c3cc(F)c(F)cc3c2=O)cc1.[Na+]. The number of nitrogen functional groups attached to an aromatic ring is 2. The molecule has 48 heteroatoms. The van der Waals surface area contributed by atoms with Crippen LogP contribution in [0.3, 0.4) is 0 Å². The number of nitro groups is 1. The van der Waals surface area contributed by atoms with Crippen molar-refractivity contribution in [2.24, 2.45) is 15.1 Å². The van der Waals surface area contributed by atoms with Crippen LogP contribution in [0.5, 0.6) is 5.75 Å². The van der Waals surface area contributed by atoms with Crippen LogP contribution in [0.25, 0.3) is 33.2 Å². The normalized spacial score (nSPS) is 10.4. The molecule has 130 heavy (non-hydrogen) atoms. The summed E-state index contributed by atoms with van der Waals surface area (Å²) in [5.74, 6) is -11.9. The number of carbonyl (C=O) groups is 7. The van der Waals surface area contributed by atoms with Crippen LogP contribution >= 0.6 is 24.2 Å². The van der Waals surface area contributed by atoms with E-state index in [9.17, 15) is 98.0 Å². The number of nitrogens with one attached hydrogen (secondary N) is 8. The number of amides is 5. The number of methoxy groups -OCH3 is 2.